The molecule has 1 amide bonds. The molecule has 3 rings (SSSR count). The van der Waals surface area contributed by atoms with Crippen LogP contribution in [0.2, 0.25) is 0 Å². The first-order valence-corrected chi connectivity index (χ1v) is 8.45. The van der Waals surface area contributed by atoms with E-state index in [0.717, 1.165) is 25.7 Å². The summed E-state index contributed by atoms with van der Waals surface area (Å²) in [7, 11) is 0. The van der Waals surface area contributed by atoms with Crippen LogP contribution in [0.25, 0.3) is 0 Å². The first-order valence-electron chi connectivity index (χ1n) is 8.45. The number of nitro benzene ring substituents is 1. The highest BCUT2D eigenvalue weighted by atomic mass is 16.6. The Bertz CT molecular complexity index is 590. The van der Waals surface area contributed by atoms with Crippen molar-refractivity contribution in [3.63, 3.8) is 0 Å². The molecule has 7 heteroatoms. The molecule has 24 heavy (non-hydrogen) atoms. The Hall–Kier alpha value is -2.15. The minimum Gasteiger partial charge on any atom is -0.484 e. The molecular formula is C17H23N3O4. The summed E-state index contributed by atoms with van der Waals surface area (Å²) in [6.07, 6.45) is 5.42. The van der Waals surface area contributed by atoms with Gasteiger partial charge in [0.05, 0.1) is 4.92 Å². The predicted molar refractivity (Wildman–Crippen MR) is 88.6 cm³/mol. The molecule has 0 aromatic heterocycles. The minimum atomic E-state index is -0.469. The summed E-state index contributed by atoms with van der Waals surface area (Å²) in [5.41, 5.74) is 6.10. The summed E-state index contributed by atoms with van der Waals surface area (Å²) < 4.78 is 5.43. The van der Waals surface area contributed by atoms with Crippen molar-refractivity contribution in [2.45, 2.75) is 44.2 Å². The fourth-order valence-corrected chi connectivity index (χ4v) is 4.07. The number of hydrogen-bond acceptors (Lipinski definition) is 5. The van der Waals surface area contributed by atoms with Crippen molar-refractivity contribution >= 4 is 11.6 Å². The van der Waals surface area contributed by atoms with E-state index >= 15 is 0 Å². The van der Waals surface area contributed by atoms with Crippen molar-refractivity contribution < 1.29 is 14.5 Å². The Morgan fingerprint density at radius 3 is 2.46 bits per heavy atom. The first kappa shape index (κ1) is 16.7. The monoisotopic (exact) mass is 333 g/mol. The number of ether oxygens (including phenoxy) is 1. The van der Waals surface area contributed by atoms with Gasteiger partial charge in [-0.3, -0.25) is 14.9 Å². The van der Waals surface area contributed by atoms with Crippen LogP contribution in [0.5, 0.6) is 5.75 Å². The first-order chi connectivity index (χ1) is 11.5. The smallest absolute Gasteiger partial charge is 0.269 e. The molecule has 1 aromatic carbocycles. The van der Waals surface area contributed by atoms with Crippen molar-refractivity contribution in [3.8, 4) is 5.75 Å². The molecule has 2 aliphatic rings. The van der Waals surface area contributed by atoms with Gasteiger partial charge in [0.25, 0.3) is 11.6 Å². The lowest BCUT2D eigenvalue weighted by atomic mass is 9.67. The average molecular weight is 333 g/mol. The highest BCUT2D eigenvalue weighted by Crippen LogP contribution is 2.39. The Labute approximate surface area is 140 Å². The van der Waals surface area contributed by atoms with Gasteiger partial charge >= 0.3 is 0 Å². The zero-order valence-electron chi connectivity index (χ0n) is 13.5. The molecule has 0 aliphatic heterocycles. The maximum atomic E-state index is 12.2. The van der Waals surface area contributed by atoms with E-state index in [9.17, 15) is 14.9 Å². The summed E-state index contributed by atoms with van der Waals surface area (Å²) in [6.45, 7) is -0.0835. The van der Waals surface area contributed by atoms with Crippen LogP contribution in [0, 0.1) is 22.0 Å². The molecule has 2 saturated carbocycles. The van der Waals surface area contributed by atoms with Crippen LogP contribution in [0.1, 0.15) is 32.1 Å². The maximum Gasteiger partial charge on any atom is 0.269 e. The quantitative estimate of drug-likeness (QED) is 0.633. The van der Waals surface area contributed by atoms with Gasteiger partial charge in [-0.1, -0.05) is 6.42 Å². The molecular weight excluding hydrogens is 310 g/mol. The number of nitro groups is 1. The highest BCUT2D eigenvalue weighted by molar-refractivity contribution is 5.78. The van der Waals surface area contributed by atoms with Crippen molar-refractivity contribution in [1.29, 1.82) is 0 Å². The third-order valence-corrected chi connectivity index (χ3v) is 5.12. The van der Waals surface area contributed by atoms with E-state index in [2.05, 4.69) is 5.32 Å². The number of hydrogen-bond donors (Lipinski definition) is 2. The summed E-state index contributed by atoms with van der Waals surface area (Å²) in [5.74, 6) is 1.24. The van der Waals surface area contributed by atoms with E-state index in [-0.39, 0.29) is 30.3 Å². The summed E-state index contributed by atoms with van der Waals surface area (Å²) in [5, 5.41) is 13.7. The van der Waals surface area contributed by atoms with E-state index in [1.807, 2.05) is 0 Å². The molecule has 3 N–H and O–H groups in total. The molecule has 0 spiro atoms. The Kier molecular flexibility index (Phi) is 4.99. The largest absolute Gasteiger partial charge is 0.484 e. The van der Waals surface area contributed by atoms with Gasteiger partial charge in [0.2, 0.25) is 0 Å². The number of amides is 1. The molecule has 0 heterocycles. The Morgan fingerprint density at radius 1 is 1.25 bits per heavy atom. The molecule has 130 valence electrons. The highest BCUT2D eigenvalue weighted by Gasteiger charge is 2.39. The average Bonchev–Trinajstić information content (AvgIpc) is 2.54. The maximum absolute atomic E-state index is 12.2. The number of fused-ring (bicyclic) bond motifs is 2. The Balaban J connectivity index is 1.51. The second-order valence-corrected chi connectivity index (χ2v) is 6.82. The normalized spacial score (nSPS) is 28.9. The van der Waals surface area contributed by atoms with Gasteiger partial charge in [-0.25, -0.2) is 0 Å². The molecule has 0 saturated heterocycles. The van der Waals surface area contributed by atoms with Gasteiger partial charge in [0, 0.05) is 24.2 Å². The molecule has 2 bridgehead atoms. The minimum absolute atomic E-state index is 0.00169. The summed E-state index contributed by atoms with van der Waals surface area (Å²) in [6, 6.07) is 6.18. The number of non-ortho nitro benzene ring substituents is 1. The standard InChI is InChI=1S/C17H23N3O4/c18-13-8-11-2-1-3-12(9-13)17(11)19-16(21)10-24-15-6-4-14(5-7-15)20(22)23/h4-7,11-13,17H,1-3,8-10,18H2,(H,19,21). The molecule has 1 aromatic rings. The third-order valence-electron chi connectivity index (χ3n) is 5.12. The van der Waals surface area contributed by atoms with Crippen LogP contribution in [0.3, 0.4) is 0 Å². The number of nitrogens with one attached hydrogen (secondary N) is 1. The summed E-state index contributed by atoms with van der Waals surface area (Å²) in [4.78, 5) is 22.3. The molecule has 2 fully saturated rings. The van der Waals surface area contributed by atoms with Gasteiger partial charge in [-0.2, -0.15) is 0 Å². The van der Waals surface area contributed by atoms with Crippen molar-refractivity contribution in [2.24, 2.45) is 17.6 Å². The van der Waals surface area contributed by atoms with Crippen molar-refractivity contribution in [2.75, 3.05) is 6.61 Å². The third kappa shape index (κ3) is 3.84. The number of carbonyl (C=O) groups is 1. The number of nitrogens with two attached hydrogens (primary N) is 1. The number of benzene rings is 1. The summed E-state index contributed by atoms with van der Waals surface area (Å²) >= 11 is 0. The fourth-order valence-electron chi connectivity index (χ4n) is 4.07. The van der Waals surface area contributed by atoms with Gasteiger partial charge < -0.3 is 15.8 Å². The van der Waals surface area contributed by atoms with Crippen LogP contribution in [0.15, 0.2) is 24.3 Å². The van der Waals surface area contributed by atoms with Gasteiger partial charge in [0.15, 0.2) is 6.61 Å². The molecule has 2 unspecified atom stereocenters. The zero-order valence-corrected chi connectivity index (χ0v) is 13.5. The number of carbonyl (C=O) groups excluding carboxylic acids is 1. The topological polar surface area (TPSA) is 107 Å². The van der Waals surface area contributed by atoms with Crippen molar-refractivity contribution in [3.05, 3.63) is 34.4 Å². The van der Waals surface area contributed by atoms with E-state index in [1.54, 1.807) is 0 Å². The second-order valence-electron chi connectivity index (χ2n) is 6.82. The van der Waals surface area contributed by atoms with Crippen LogP contribution in [-0.4, -0.2) is 29.5 Å². The number of nitrogens with zero attached hydrogens (tertiary/aromatic N) is 1. The van der Waals surface area contributed by atoms with E-state index in [1.165, 1.54) is 30.7 Å². The Morgan fingerprint density at radius 2 is 1.88 bits per heavy atom. The SMILES string of the molecule is NC1CC2CCCC(C1)C2NC(=O)COc1ccc([N+](=O)[O-])cc1. The van der Waals surface area contributed by atoms with Crippen LogP contribution < -0.4 is 15.8 Å². The van der Waals surface area contributed by atoms with Gasteiger partial charge in [-0.15, -0.1) is 0 Å². The zero-order chi connectivity index (χ0) is 17.1. The van der Waals surface area contributed by atoms with Crippen LogP contribution in [0.4, 0.5) is 5.69 Å². The lowest BCUT2D eigenvalue weighted by Gasteiger charge is -2.45. The lowest BCUT2D eigenvalue weighted by molar-refractivity contribution is -0.384. The molecule has 7 nitrogen and oxygen atoms in total. The molecule has 0 radical (unpaired) electrons. The van der Waals surface area contributed by atoms with E-state index in [4.69, 9.17) is 10.5 Å². The number of rotatable bonds is 5. The van der Waals surface area contributed by atoms with Crippen LogP contribution in [-0.2, 0) is 4.79 Å². The van der Waals surface area contributed by atoms with E-state index < -0.39 is 4.92 Å². The molecule has 2 atom stereocenters. The molecule has 2 aliphatic carbocycles. The lowest BCUT2D eigenvalue weighted by Crippen LogP contribution is -2.54. The van der Waals surface area contributed by atoms with Crippen molar-refractivity contribution in [1.82, 2.24) is 5.32 Å². The van der Waals surface area contributed by atoms with Gasteiger partial charge in [0.1, 0.15) is 5.75 Å². The fraction of sp³-hybridized carbons (Fsp3) is 0.588. The predicted octanol–water partition coefficient (Wildman–Crippen LogP) is 2.00. The van der Waals surface area contributed by atoms with Crippen LogP contribution >= 0.6 is 0 Å². The van der Waals surface area contributed by atoms with E-state index in [0.29, 0.717) is 17.6 Å². The second kappa shape index (κ2) is 7.17. The van der Waals surface area contributed by atoms with Gasteiger partial charge in [-0.05, 0) is 49.7 Å².